The first kappa shape index (κ1) is 9.43. The van der Waals surface area contributed by atoms with Crippen LogP contribution in [0.15, 0.2) is 18.3 Å². The normalized spacial score (nSPS) is 11.3. The highest BCUT2D eigenvalue weighted by molar-refractivity contribution is 5.36. The molecule has 13 heavy (non-hydrogen) atoms. The highest BCUT2D eigenvalue weighted by Crippen LogP contribution is 2.33. The topological polar surface area (TPSA) is 56.0 Å². The lowest BCUT2D eigenvalue weighted by Crippen LogP contribution is -2.10. The minimum Gasteiger partial charge on any atom is -0.258 e. The molecule has 0 aliphatic carbocycles. The molecular formula is C6H3F3N2O2. The van der Waals surface area contributed by atoms with Gasteiger partial charge in [-0.1, -0.05) is 0 Å². The fraction of sp³-hybridized carbons (Fsp3) is 0.167. The van der Waals surface area contributed by atoms with Gasteiger partial charge < -0.3 is 0 Å². The Kier molecular flexibility index (Phi) is 2.18. The molecule has 1 aromatic rings. The van der Waals surface area contributed by atoms with Crippen LogP contribution in [-0.2, 0) is 6.18 Å². The van der Waals surface area contributed by atoms with E-state index in [0.29, 0.717) is 0 Å². The van der Waals surface area contributed by atoms with Gasteiger partial charge in [-0.2, -0.15) is 13.2 Å². The second-order valence-electron chi connectivity index (χ2n) is 2.13. The predicted molar refractivity (Wildman–Crippen MR) is 35.9 cm³/mol. The average Bonchev–Trinajstić information content (AvgIpc) is 2.03. The van der Waals surface area contributed by atoms with Gasteiger partial charge in [0.05, 0.1) is 4.92 Å². The Hall–Kier alpha value is -1.66. The minimum atomic E-state index is -4.79. The van der Waals surface area contributed by atoms with Gasteiger partial charge in [-0.05, 0) is 6.07 Å². The molecule has 1 aromatic heterocycles. The summed E-state index contributed by atoms with van der Waals surface area (Å²) in [5.41, 5.74) is -2.50. The first-order valence-electron chi connectivity index (χ1n) is 3.09. The van der Waals surface area contributed by atoms with E-state index in [1.165, 1.54) is 0 Å². The molecule has 0 bridgehead atoms. The van der Waals surface area contributed by atoms with Gasteiger partial charge in [0.2, 0.25) is 5.69 Å². The van der Waals surface area contributed by atoms with Crippen molar-refractivity contribution in [1.82, 2.24) is 4.98 Å². The molecule has 0 fully saturated rings. The molecule has 0 saturated carbocycles. The standard InChI is InChI=1S/C6H3F3N2O2/c7-6(8,9)5-4(11(12)13)2-1-3-10-5/h1-3H. The van der Waals surface area contributed by atoms with Crippen LogP contribution >= 0.6 is 0 Å². The van der Waals surface area contributed by atoms with Crippen molar-refractivity contribution in [3.63, 3.8) is 0 Å². The third-order valence-electron chi connectivity index (χ3n) is 1.25. The maximum atomic E-state index is 12.0. The summed E-state index contributed by atoms with van der Waals surface area (Å²) in [6, 6.07) is 1.84. The largest absolute Gasteiger partial charge is 0.440 e. The molecule has 4 nitrogen and oxygen atoms in total. The molecule has 0 radical (unpaired) electrons. The van der Waals surface area contributed by atoms with E-state index in [0.717, 1.165) is 18.3 Å². The number of aromatic nitrogens is 1. The molecule has 1 heterocycles. The first-order chi connectivity index (χ1) is 5.93. The number of hydrogen-bond acceptors (Lipinski definition) is 3. The molecule has 0 N–H and O–H groups in total. The molecule has 0 spiro atoms. The molecule has 70 valence electrons. The van der Waals surface area contributed by atoms with Crippen molar-refractivity contribution in [3.8, 4) is 0 Å². The molecule has 0 unspecified atom stereocenters. The first-order valence-corrected chi connectivity index (χ1v) is 3.09. The van der Waals surface area contributed by atoms with Crippen LogP contribution in [0, 0.1) is 10.1 Å². The Morgan fingerprint density at radius 2 is 2.08 bits per heavy atom. The maximum Gasteiger partial charge on any atom is 0.440 e. The number of nitrogens with zero attached hydrogens (tertiary/aromatic N) is 2. The summed E-state index contributed by atoms with van der Waals surface area (Å²) < 4.78 is 36.1. The van der Waals surface area contributed by atoms with Crippen LogP contribution in [0.3, 0.4) is 0 Å². The van der Waals surface area contributed by atoms with Gasteiger partial charge in [0, 0.05) is 12.3 Å². The SMILES string of the molecule is O=[N+]([O-])c1cccnc1C(F)(F)F. The Morgan fingerprint density at radius 3 is 2.46 bits per heavy atom. The smallest absolute Gasteiger partial charge is 0.258 e. The molecule has 0 amide bonds. The molecule has 1 rings (SSSR count). The lowest BCUT2D eigenvalue weighted by Gasteiger charge is -2.04. The summed E-state index contributed by atoms with van der Waals surface area (Å²) in [5, 5.41) is 10.1. The van der Waals surface area contributed by atoms with Crippen LogP contribution in [0.1, 0.15) is 5.69 Å². The van der Waals surface area contributed by atoms with Crippen molar-refractivity contribution in [2.75, 3.05) is 0 Å². The van der Waals surface area contributed by atoms with Gasteiger partial charge in [0.15, 0.2) is 0 Å². The fourth-order valence-corrected chi connectivity index (χ4v) is 0.763. The van der Waals surface area contributed by atoms with E-state index in [4.69, 9.17) is 0 Å². The predicted octanol–water partition coefficient (Wildman–Crippen LogP) is 2.01. The Morgan fingerprint density at radius 1 is 1.46 bits per heavy atom. The van der Waals surface area contributed by atoms with Crippen LogP contribution in [0.2, 0.25) is 0 Å². The third-order valence-corrected chi connectivity index (χ3v) is 1.25. The van der Waals surface area contributed by atoms with E-state index in [2.05, 4.69) is 4.98 Å². The van der Waals surface area contributed by atoms with Crippen LogP contribution < -0.4 is 0 Å². The third kappa shape index (κ3) is 1.92. The van der Waals surface area contributed by atoms with Gasteiger partial charge in [-0.25, -0.2) is 4.98 Å². The van der Waals surface area contributed by atoms with Gasteiger partial charge in [-0.3, -0.25) is 10.1 Å². The summed E-state index contributed by atoms with van der Waals surface area (Å²) >= 11 is 0. The monoisotopic (exact) mass is 192 g/mol. The fourth-order valence-electron chi connectivity index (χ4n) is 0.763. The van der Waals surface area contributed by atoms with Crippen molar-refractivity contribution in [3.05, 3.63) is 34.1 Å². The van der Waals surface area contributed by atoms with E-state index < -0.39 is 22.5 Å². The molecule has 0 atom stereocenters. The molecule has 0 saturated heterocycles. The Balaban J connectivity index is 3.28. The van der Waals surface area contributed by atoms with Crippen molar-refractivity contribution in [1.29, 1.82) is 0 Å². The van der Waals surface area contributed by atoms with E-state index in [-0.39, 0.29) is 0 Å². The number of halogens is 3. The second-order valence-corrected chi connectivity index (χ2v) is 2.13. The average molecular weight is 192 g/mol. The zero-order valence-electron chi connectivity index (χ0n) is 6.08. The molecule has 0 aliphatic heterocycles. The van der Waals surface area contributed by atoms with Crippen molar-refractivity contribution in [2.45, 2.75) is 6.18 Å². The highest BCUT2D eigenvalue weighted by atomic mass is 19.4. The number of hydrogen-bond donors (Lipinski definition) is 0. The number of alkyl halides is 3. The van der Waals surface area contributed by atoms with Crippen molar-refractivity contribution < 1.29 is 18.1 Å². The maximum absolute atomic E-state index is 12.0. The summed E-state index contributed by atoms with van der Waals surface area (Å²) in [4.78, 5) is 11.9. The van der Waals surface area contributed by atoms with Gasteiger partial charge in [0.1, 0.15) is 0 Å². The number of rotatable bonds is 1. The van der Waals surface area contributed by atoms with Crippen LogP contribution in [0.4, 0.5) is 18.9 Å². The number of nitro groups is 1. The summed E-state index contributed by atoms with van der Waals surface area (Å²) in [6.45, 7) is 0. The molecular weight excluding hydrogens is 189 g/mol. The Labute approximate surface area is 70.2 Å². The van der Waals surface area contributed by atoms with Crippen molar-refractivity contribution in [2.24, 2.45) is 0 Å². The van der Waals surface area contributed by atoms with Crippen LogP contribution in [0.5, 0.6) is 0 Å². The molecule has 0 aliphatic rings. The Bertz CT molecular complexity index is 337. The van der Waals surface area contributed by atoms with Gasteiger partial charge in [-0.15, -0.1) is 0 Å². The minimum absolute atomic E-state index is 0.760. The summed E-state index contributed by atoms with van der Waals surface area (Å²) in [5.74, 6) is 0. The summed E-state index contributed by atoms with van der Waals surface area (Å²) in [7, 11) is 0. The number of pyridine rings is 1. The lowest BCUT2D eigenvalue weighted by atomic mass is 10.3. The van der Waals surface area contributed by atoms with Gasteiger partial charge >= 0.3 is 6.18 Å². The quantitative estimate of drug-likeness (QED) is 0.505. The highest BCUT2D eigenvalue weighted by Gasteiger charge is 2.39. The van der Waals surface area contributed by atoms with E-state index >= 15 is 0 Å². The summed E-state index contributed by atoms with van der Waals surface area (Å²) in [6.07, 6.45) is -3.93. The molecule has 7 heteroatoms. The zero-order valence-corrected chi connectivity index (χ0v) is 6.08. The second kappa shape index (κ2) is 3.00. The van der Waals surface area contributed by atoms with E-state index in [9.17, 15) is 23.3 Å². The van der Waals surface area contributed by atoms with E-state index in [1.807, 2.05) is 0 Å². The van der Waals surface area contributed by atoms with Crippen LogP contribution in [-0.4, -0.2) is 9.91 Å². The van der Waals surface area contributed by atoms with Crippen LogP contribution in [0.25, 0.3) is 0 Å². The van der Waals surface area contributed by atoms with Gasteiger partial charge in [0.25, 0.3) is 5.69 Å². The molecule has 0 aromatic carbocycles. The van der Waals surface area contributed by atoms with Crippen molar-refractivity contribution >= 4 is 5.69 Å². The zero-order chi connectivity index (χ0) is 10.1. The lowest BCUT2D eigenvalue weighted by molar-refractivity contribution is -0.388. The van der Waals surface area contributed by atoms with E-state index in [1.54, 1.807) is 0 Å².